The number of para-hydroxylation sites is 3. The first-order chi connectivity index (χ1) is 49.2. The van der Waals surface area contributed by atoms with Crippen molar-refractivity contribution in [2.24, 2.45) is 0 Å². The van der Waals surface area contributed by atoms with Gasteiger partial charge >= 0.3 is 0 Å². The summed E-state index contributed by atoms with van der Waals surface area (Å²) in [5.74, 6) is 1.82. The Labute approximate surface area is 580 Å². The summed E-state index contributed by atoms with van der Waals surface area (Å²) in [4.78, 5) is 10.8. The lowest BCUT2D eigenvalue weighted by atomic mass is 9.81. The Bertz CT molecular complexity index is 6450. The molecule has 0 fully saturated rings. The minimum absolute atomic E-state index is 0.0650. The molecule has 4 heteroatoms. The third kappa shape index (κ3) is 9.82. The standard InChI is InChI=1S/C96H66N4/c1-96(2,3)74-49-55-83-85(60-74)90(64-44-50-75(51-45-64)99-87-36-20-19-35-86(87)97-94(99)65-25-9-5-10-26-65)79-31-16-18-33-81(79)92(83)73-43-40-68-56-71(41-39-69(68)58-73)77-34-21-37-88-93(77)98-95(66-27-11-6-12-28-66)100(88)76-52-46-63(47-53-76)89-78-30-15-17-32-80(78)91(72-42-38-62-24-13-14-29-67(62)57-72)82-54-48-70(59-84(82)89)61-22-7-4-8-23-61/h4-60H,1-3H3. The number of hydrogen-bond acceptors (Lipinski definition) is 2. The van der Waals surface area contributed by atoms with E-state index < -0.39 is 0 Å². The molecule has 0 N–H and O–H groups in total. The molecule has 0 saturated carbocycles. The van der Waals surface area contributed by atoms with Gasteiger partial charge in [0.2, 0.25) is 0 Å². The van der Waals surface area contributed by atoms with Gasteiger partial charge in [-0.3, -0.25) is 9.13 Å². The Balaban J connectivity index is 0.713. The zero-order valence-corrected chi connectivity index (χ0v) is 55.7. The molecule has 4 nitrogen and oxygen atoms in total. The average molecular weight is 1280 g/mol. The molecule has 0 aliphatic heterocycles. The van der Waals surface area contributed by atoms with Crippen LogP contribution in [0.15, 0.2) is 346 Å². The van der Waals surface area contributed by atoms with Gasteiger partial charge in [-0.1, -0.05) is 294 Å². The normalized spacial score (nSPS) is 11.9. The van der Waals surface area contributed by atoms with Crippen molar-refractivity contribution in [1.82, 2.24) is 19.1 Å². The van der Waals surface area contributed by atoms with Crippen molar-refractivity contribution in [3.8, 4) is 101 Å². The molecule has 19 rings (SSSR count). The van der Waals surface area contributed by atoms with Crippen molar-refractivity contribution in [2.45, 2.75) is 26.2 Å². The summed E-state index contributed by atoms with van der Waals surface area (Å²) in [6, 6.07) is 127. The van der Waals surface area contributed by atoms with E-state index in [-0.39, 0.29) is 5.41 Å². The second-order valence-electron chi connectivity index (χ2n) is 27.6. The molecule has 0 amide bonds. The van der Waals surface area contributed by atoms with E-state index in [9.17, 15) is 0 Å². The molecule has 0 unspecified atom stereocenters. The summed E-state index contributed by atoms with van der Waals surface area (Å²) >= 11 is 0. The molecular weight excluding hydrogens is 1210 g/mol. The van der Waals surface area contributed by atoms with Gasteiger partial charge in [0, 0.05) is 28.1 Å². The molecule has 0 bridgehead atoms. The fourth-order valence-electron chi connectivity index (χ4n) is 15.8. The number of rotatable bonds is 10. The van der Waals surface area contributed by atoms with Gasteiger partial charge in [-0.2, -0.15) is 0 Å². The molecule has 0 atom stereocenters. The van der Waals surface area contributed by atoms with E-state index in [0.29, 0.717) is 0 Å². The van der Waals surface area contributed by atoms with Crippen LogP contribution >= 0.6 is 0 Å². The Morgan fingerprint density at radius 3 is 1.22 bits per heavy atom. The Kier molecular flexibility index (Phi) is 13.8. The number of aromatic nitrogens is 4. The third-order valence-electron chi connectivity index (χ3n) is 20.6. The summed E-state index contributed by atoms with van der Waals surface area (Å²) in [6.45, 7) is 6.94. The zero-order valence-electron chi connectivity index (χ0n) is 55.7. The lowest BCUT2D eigenvalue weighted by Crippen LogP contribution is -2.10. The van der Waals surface area contributed by atoms with E-state index in [1.54, 1.807) is 0 Å². The first-order valence-corrected chi connectivity index (χ1v) is 34.6. The molecular formula is C96H66N4. The van der Waals surface area contributed by atoms with Crippen molar-refractivity contribution >= 4 is 86.7 Å². The van der Waals surface area contributed by atoms with Crippen molar-refractivity contribution in [3.05, 3.63) is 351 Å². The van der Waals surface area contributed by atoms with Crippen LogP contribution in [0.2, 0.25) is 0 Å². The van der Waals surface area contributed by atoms with Crippen molar-refractivity contribution in [2.75, 3.05) is 0 Å². The molecule has 0 spiro atoms. The largest absolute Gasteiger partial charge is 0.292 e. The van der Waals surface area contributed by atoms with E-state index >= 15 is 0 Å². The van der Waals surface area contributed by atoms with E-state index in [0.717, 1.165) is 72.9 Å². The van der Waals surface area contributed by atoms with Crippen LogP contribution in [-0.4, -0.2) is 19.1 Å². The van der Waals surface area contributed by atoms with E-state index in [4.69, 9.17) is 9.97 Å². The van der Waals surface area contributed by atoms with Gasteiger partial charge in [-0.15, -0.1) is 0 Å². The van der Waals surface area contributed by atoms with Crippen LogP contribution in [0.25, 0.3) is 188 Å². The summed E-state index contributed by atoms with van der Waals surface area (Å²) in [7, 11) is 0. The van der Waals surface area contributed by atoms with Crippen LogP contribution in [-0.2, 0) is 5.41 Å². The quantitative estimate of drug-likeness (QED) is 0.128. The minimum atomic E-state index is -0.0650. The lowest BCUT2D eigenvalue weighted by molar-refractivity contribution is 0.591. The van der Waals surface area contributed by atoms with Gasteiger partial charge in [0.25, 0.3) is 0 Å². The fourth-order valence-corrected chi connectivity index (χ4v) is 15.8. The lowest BCUT2D eigenvalue weighted by Gasteiger charge is -2.23. The van der Waals surface area contributed by atoms with E-state index in [2.05, 4.69) is 376 Å². The number of fused-ring (bicyclic) bond motifs is 8. The highest BCUT2D eigenvalue weighted by atomic mass is 15.1. The van der Waals surface area contributed by atoms with Gasteiger partial charge in [-0.05, 0) is 210 Å². The molecule has 19 aromatic rings. The van der Waals surface area contributed by atoms with Crippen molar-refractivity contribution in [3.63, 3.8) is 0 Å². The maximum Gasteiger partial charge on any atom is 0.145 e. The number of nitrogens with zero attached hydrogens (tertiary/aromatic N) is 4. The topological polar surface area (TPSA) is 35.6 Å². The molecule has 2 heterocycles. The first kappa shape index (κ1) is 58.6. The number of imidazole rings is 2. The molecule has 0 radical (unpaired) electrons. The summed E-state index contributed by atoms with van der Waals surface area (Å²) < 4.78 is 4.64. The second-order valence-corrected chi connectivity index (χ2v) is 27.6. The highest BCUT2D eigenvalue weighted by Crippen LogP contribution is 2.49. The van der Waals surface area contributed by atoms with Crippen LogP contribution in [0.3, 0.4) is 0 Å². The third-order valence-corrected chi connectivity index (χ3v) is 20.6. The molecule has 17 aromatic carbocycles. The van der Waals surface area contributed by atoms with Gasteiger partial charge in [-0.25, -0.2) is 9.97 Å². The molecule has 0 saturated heterocycles. The van der Waals surface area contributed by atoms with Gasteiger partial charge in [0.05, 0.1) is 22.1 Å². The maximum absolute atomic E-state index is 5.64. The van der Waals surface area contributed by atoms with E-state index in [1.165, 1.54) is 120 Å². The first-order valence-electron chi connectivity index (χ1n) is 34.6. The van der Waals surface area contributed by atoms with Crippen LogP contribution in [0.1, 0.15) is 26.3 Å². The summed E-state index contributed by atoms with van der Waals surface area (Å²) in [5, 5.41) is 14.6. The highest BCUT2D eigenvalue weighted by molar-refractivity contribution is 6.24. The Hall–Kier alpha value is -12.8. The minimum Gasteiger partial charge on any atom is -0.292 e. The van der Waals surface area contributed by atoms with Gasteiger partial charge in [0.15, 0.2) is 0 Å². The van der Waals surface area contributed by atoms with Crippen LogP contribution in [0.4, 0.5) is 0 Å². The SMILES string of the molecule is CC(C)(C)c1ccc2c(-c3ccc4cc(-c5cccc6c5nc(-c5ccccc5)n6-c5ccc(-c6c7ccccc7c(-c7ccc8ccccc8c7)c7ccc(-c8ccccc8)cc67)cc5)ccc4c3)c3ccccc3c(-c3ccc(-n4c(-c5ccccc5)nc5ccccc54)cc3)c2c1. The second kappa shape index (κ2) is 23.5. The molecule has 100 heavy (non-hydrogen) atoms. The van der Waals surface area contributed by atoms with Crippen LogP contribution in [0, 0.1) is 0 Å². The predicted molar refractivity (Wildman–Crippen MR) is 423 cm³/mol. The highest BCUT2D eigenvalue weighted by Gasteiger charge is 2.25. The number of hydrogen-bond donors (Lipinski definition) is 0. The Morgan fingerprint density at radius 2 is 0.640 bits per heavy atom. The monoisotopic (exact) mass is 1270 g/mol. The Morgan fingerprint density at radius 1 is 0.240 bits per heavy atom. The number of benzene rings is 17. The zero-order chi connectivity index (χ0) is 66.6. The summed E-state index contributed by atoms with van der Waals surface area (Å²) in [5.41, 5.74) is 23.7. The molecule has 2 aromatic heterocycles. The van der Waals surface area contributed by atoms with Crippen LogP contribution < -0.4 is 0 Å². The van der Waals surface area contributed by atoms with Gasteiger partial charge < -0.3 is 0 Å². The van der Waals surface area contributed by atoms with Crippen molar-refractivity contribution in [1.29, 1.82) is 0 Å². The van der Waals surface area contributed by atoms with Gasteiger partial charge in [0.1, 0.15) is 11.6 Å². The fraction of sp³-hybridized carbons (Fsp3) is 0.0417. The molecule has 0 aliphatic rings. The molecule has 0 aliphatic carbocycles. The predicted octanol–water partition coefficient (Wildman–Crippen LogP) is 25.9. The van der Waals surface area contributed by atoms with E-state index in [1.807, 2.05) is 0 Å². The molecule has 470 valence electrons. The average Bonchev–Trinajstić information content (AvgIpc) is 1.15. The summed E-state index contributed by atoms with van der Waals surface area (Å²) in [6.07, 6.45) is 0. The maximum atomic E-state index is 5.64. The van der Waals surface area contributed by atoms with Crippen LogP contribution in [0.5, 0.6) is 0 Å². The van der Waals surface area contributed by atoms with Crippen molar-refractivity contribution < 1.29 is 0 Å². The smallest absolute Gasteiger partial charge is 0.145 e.